The molecule has 42 heavy (non-hydrogen) atoms. The molecule has 1 aliphatic carbocycles. The van der Waals surface area contributed by atoms with Crippen molar-refractivity contribution in [3.05, 3.63) is 58.4 Å². The van der Waals surface area contributed by atoms with Crippen molar-refractivity contribution >= 4 is 29.2 Å². The number of aliphatic imine (C=N–C) groups is 1. The minimum absolute atomic E-state index is 0.0768. The number of fused-ring (bicyclic) bond motifs is 2. The van der Waals surface area contributed by atoms with Crippen LogP contribution in [0.2, 0.25) is 0 Å². The first-order valence-electron chi connectivity index (χ1n) is 15.2. The summed E-state index contributed by atoms with van der Waals surface area (Å²) >= 11 is 0. The number of rotatable bonds is 10. The second-order valence-corrected chi connectivity index (χ2v) is 13.3. The first kappa shape index (κ1) is 29.9. The van der Waals surface area contributed by atoms with Crippen molar-refractivity contribution in [1.29, 1.82) is 0 Å². The topological polar surface area (TPSA) is 124 Å². The number of aryl methyl sites for hydroxylation is 1. The Morgan fingerprint density at radius 1 is 1.10 bits per heavy atom. The van der Waals surface area contributed by atoms with E-state index in [9.17, 15) is 14.4 Å². The standard InChI is InChI=1S/C33H43N5O4/c1-33(2,3)23-12-13-26-22(15-23)16-27-28(35-26)17-29(36-27)32(42)37-25(10-5-6-11-30(39)40)20-8-7-9-21(14-20)31(41)34-24-18-38(4)19-24/h7-9,14,16,23-25H,5-6,10-13,15,17-19H2,1-4H3,(H,34,41)(H,37,42)(H,39,40)/t23-,25+/m0/s1. The Labute approximate surface area is 248 Å². The van der Waals surface area contributed by atoms with Crippen molar-refractivity contribution in [3.8, 4) is 0 Å². The molecule has 9 heteroatoms. The van der Waals surface area contributed by atoms with Crippen molar-refractivity contribution in [3.63, 3.8) is 0 Å². The molecule has 3 heterocycles. The molecule has 2 aromatic rings. The Bertz CT molecular complexity index is 1390. The largest absolute Gasteiger partial charge is 0.481 e. The zero-order valence-electron chi connectivity index (χ0n) is 25.2. The summed E-state index contributed by atoms with van der Waals surface area (Å²) in [6.45, 7) is 8.52. The number of hydrogen-bond donors (Lipinski definition) is 3. The van der Waals surface area contributed by atoms with Gasteiger partial charge in [-0.3, -0.25) is 19.4 Å². The number of carbonyl (C=O) groups is 3. The fraction of sp³-hybridized carbons (Fsp3) is 0.545. The summed E-state index contributed by atoms with van der Waals surface area (Å²) in [4.78, 5) is 49.3. The number of benzene rings is 1. The van der Waals surface area contributed by atoms with E-state index in [1.165, 1.54) is 5.56 Å². The fourth-order valence-electron chi connectivity index (χ4n) is 6.28. The number of hydrogen-bond acceptors (Lipinski definition) is 6. The van der Waals surface area contributed by atoms with Gasteiger partial charge in [0.1, 0.15) is 5.71 Å². The van der Waals surface area contributed by atoms with E-state index in [0.717, 1.165) is 55.0 Å². The number of carbonyl (C=O) groups excluding carboxylic acids is 2. The Hall–Kier alpha value is -3.59. The fourth-order valence-corrected chi connectivity index (χ4v) is 6.28. The molecular formula is C33H43N5O4. The summed E-state index contributed by atoms with van der Waals surface area (Å²) in [6, 6.07) is 9.22. The molecule has 0 bridgehead atoms. The maximum absolute atomic E-state index is 13.5. The molecule has 2 amide bonds. The van der Waals surface area contributed by atoms with Crippen molar-refractivity contribution in [2.45, 2.75) is 84.2 Å². The number of amides is 2. The Kier molecular flexibility index (Phi) is 8.78. The number of carboxylic acids is 1. The van der Waals surface area contributed by atoms with Gasteiger partial charge in [-0.1, -0.05) is 39.3 Å². The van der Waals surface area contributed by atoms with Crippen LogP contribution in [-0.4, -0.2) is 64.7 Å². The quantitative estimate of drug-likeness (QED) is 0.362. The van der Waals surface area contributed by atoms with Crippen molar-refractivity contribution in [1.82, 2.24) is 20.5 Å². The van der Waals surface area contributed by atoms with E-state index in [1.807, 2.05) is 25.2 Å². The third-order valence-corrected chi connectivity index (χ3v) is 8.91. The average Bonchev–Trinajstić information content (AvgIpc) is 3.34. The van der Waals surface area contributed by atoms with Gasteiger partial charge in [0.15, 0.2) is 0 Å². The van der Waals surface area contributed by atoms with E-state index >= 15 is 0 Å². The lowest BCUT2D eigenvalue weighted by atomic mass is 9.71. The number of aromatic nitrogens is 1. The molecule has 1 saturated heterocycles. The number of unbranched alkanes of at least 4 members (excludes halogenated alkanes) is 1. The zero-order valence-corrected chi connectivity index (χ0v) is 25.2. The highest BCUT2D eigenvalue weighted by Crippen LogP contribution is 2.39. The lowest BCUT2D eigenvalue weighted by Gasteiger charge is -2.36. The van der Waals surface area contributed by atoms with Crippen LogP contribution >= 0.6 is 0 Å². The highest BCUT2D eigenvalue weighted by Gasteiger charge is 2.32. The van der Waals surface area contributed by atoms with Gasteiger partial charge >= 0.3 is 5.97 Å². The molecular weight excluding hydrogens is 530 g/mol. The van der Waals surface area contributed by atoms with Gasteiger partial charge in [0.25, 0.3) is 11.8 Å². The summed E-state index contributed by atoms with van der Waals surface area (Å²) in [7, 11) is 2.01. The highest BCUT2D eigenvalue weighted by atomic mass is 16.4. The van der Waals surface area contributed by atoms with Gasteiger partial charge in [0.05, 0.1) is 23.5 Å². The molecule has 0 spiro atoms. The maximum atomic E-state index is 13.5. The molecule has 3 N–H and O–H groups in total. The number of likely N-dealkylation sites (tertiary alicyclic amines) is 1. The van der Waals surface area contributed by atoms with Gasteiger partial charge in [0.2, 0.25) is 0 Å². The summed E-state index contributed by atoms with van der Waals surface area (Å²) in [5.41, 5.74) is 6.03. The monoisotopic (exact) mass is 573 g/mol. The van der Waals surface area contributed by atoms with Crippen LogP contribution < -0.4 is 10.6 Å². The number of likely N-dealkylation sites (N-methyl/N-ethyl adjacent to an activating group) is 1. The first-order chi connectivity index (χ1) is 20.0. The third kappa shape index (κ3) is 7.06. The zero-order chi connectivity index (χ0) is 30.0. The van der Waals surface area contributed by atoms with E-state index < -0.39 is 5.97 Å². The van der Waals surface area contributed by atoms with Crippen LogP contribution in [0.25, 0.3) is 0 Å². The van der Waals surface area contributed by atoms with Crippen molar-refractivity contribution in [2.24, 2.45) is 16.3 Å². The van der Waals surface area contributed by atoms with E-state index in [-0.39, 0.29) is 35.7 Å². The summed E-state index contributed by atoms with van der Waals surface area (Å²) in [6.07, 6.45) is 5.20. The molecule has 2 atom stereocenters. The van der Waals surface area contributed by atoms with E-state index in [1.54, 1.807) is 6.07 Å². The van der Waals surface area contributed by atoms with Crippen LogP contribution in [0.1, 0.15) is 91.8 Å². The Morgan fingerprint density at radius 3 is 2.60 bits per heavy atom. The van der Waals surface area contributed by atoms with Crippen LogP contribution in [0.15, 0.2) is 35.3 Å². The Morgan fingerprint density at radius 2 is 1.88 bits per heavy atom. The molecule has 5 rings (SSSR count). The predicted octanol–water partition coefficient (Wildman–Crippen LogP) is 4.41. The van der Waals surface area contributed by atoms with Crippen LogP contribution in [0.3, 0.4) is 0 Å². The van der Waals surface area contributed by atoms with E-state index in [4.69, 9.17) is 15.1 Å². The number of aliphatic carboxylic acids is 1. The average molecular weight is 574 g/mol. The van der Waals surface area contributed by atoms with Crippen molar-refractivity contribution < 1.29 is 19.5 Å². The van der Waals surface area contributed by atoms with Gasteiger partial charge < -0.3 is 20.6 Å². The van der Waals surface area contributed by atoms with E-state index in [2.05, 4.69) is 42.4 Å². The van der Waals surface area contributed by atoms with Gasteiger partial charge in [0, 0.05) is 37.2 Å². The third-order valence-electron chi connectivity index (χ3n) is 8.91. The SMILES string of the molecule is CN1CC(NC(=O)c2cccc([C@@H](CCCCC(=O)O)NC(=O)C3=Nc4cc5c(nc4C3)CC[C@H](C(C)(C)C)C5)c2)C1. The van der Waals surface area contributed by atoms with Crippen molar-refractivity contribution in [2.75, 3.05) is 20.1 Å². The molecule has 224 valence electrons. The second kappa shape index (κ2) is 12.3. The summed E-state index contributed by atoms with van der Waals surface area (Å²) in [5.74, 6) is -0.634. The number of pyridine rings is 1. The molecule has 0 saturated carbocycles. The smallest absolute Gasteiger partial charge is 0.303 e. The minimum atomic E-state index is -0.835. The predicted molar refractivity (Wildman–Crippen MR) is 162 cm³/mol. The number of carboxylic acid groups (broad SMARTS) is 1. The molecule has 9 nitrogen and oxygen atoms in total. The maximum Gasteiger partial charge on any atom is 0.303 e. The van der Waals surface area contributed by atoms with Gasteiger partial charge in [-0.2, -0.15) is 0 Å². The second-order valence-electron chi connectivity index (χ2n) is 13.3. The van der Waals surface area contributed by atoms with Gasteiger partial charge in [-0.05, 0) is 79.8 Å². The van der Waals surface area contributed by atoms with Crippen LogP contribution in [0.5, 0.6) is 0 Å². The van der Waals surface area contributed by atoms with Crippen LogP contribution in [0.4, 0.5) is 5.69 Å². The first-order valence-corrected chi connectivity index (χ1v) is 15.2. The molecule has 0 unspecified atom stereocenters. The highest BCUT2D eigenvalue weighted by molar-refractivity contribution is 6.40. The van der Waals surface area contributed by atoms with Gasteiger partial charge in [-0.25, -0.2) is 4.99 Å². The van der Waals surface area contributed by atoms with Crippen LogP contribution in [-0.2, 0) is 28.9 Å². The normalized spacial score (nSPS) is 19.2. The summed E-state index contributed by atoms with van der Waals surface area (Å²) < 4.78 is 0. The number of nitrogens with one attached hydrogen (secondary N) is 2. The van der Waals surface area contributed by atoms with E-state index in [0.29, 0.717) is 42.9 Å². The molecule has 2 aliphatic heterocycles. The molecule has 1 fully saturated rings. The summed E-state index contributed by atoms with van der Waals surface area (Å²) in [5, 5.41) is 15.3. The molecule has 3 aliphatic rings. The lowest BCUT2D eigenvalue weighted by Crippen LogP contribution is -2.57. The Balaban J connectivity index is 1.30. The molecule has 1 aromatic carbocycles. The van der Waals surface area contributed by atoms with Gasteiger partial charge in [-0.15, -0.1) is 0 Å². The van der Waals surface area contributed by atoms with Crippen LogP contribution in [0, 0.1) is 11.3 Å². The lowest BCUT2D eigenvalue weighted by molar-refractivity contribution is -0.137. The number of nitrogens with zero attached hydrogens (tertiary/aromatic N) is 3. The molecule has 0 radical (unpaired) electrons. The molecule has 1 aromatic heterocycles. The minimum Gasteiger partial charge on any atom is -0.481 e.